The van der Waals surface area contributed by atoms with E-state index in [1.165, 1.54) is 0 Å². The molecule has 0 aliphatic heterocycles. The standard InChI is InChI=1S/C11H10N2O3.Li/c14-11(15)7-10-12-9(13-16-10)6-8-4-2-1-3-5-8;/h1-5H,6-7H2,(H,14,15);/q;+1/p-1. The molecule has 2 aromatic rings. The summed E-state index contributed by atoms with van der Waals surface area (Å²) in [4.78, 5) is 14.2. The van der Waals surface area contributed by atoms with E-state index in [2.05, 4.69) is 10.1 Å². The van der Waals surface area contributed by atoms with Crippen LogP contribution in [0, 0.1) is 0 Å². The maximum atomic E-state index is 10.3. The molecule has 6 heteroatoms. The zero-order chi connectivity index (χ0) is 11.4. The maximum Gasteiger partial charge on any atom is 1.00 e. The predicted molar refractivity (Wildman–Crippen MR) is 52.3 cm³/mol. The van der Waals surface area contributed by atoms with Crippen molar-refractivity contribution in [2.24, 2.45) is 0 Å². The minimum Gasteiger partial charge on any atom is -0.550 e. The van der Waals surface area contributed by atoms with Crippen molar-refractivity contribution in [3.63, 3.8) is 0 Å². The fraction of sp³-hybridized carbons (Fsp3) is 0.182. The van der Waals surface area contributed by atoms with Gasteiger partial charge in [0.15, 0.2) is 5.82 Å². The van der Waals surface area contributed by atoms with E-state index < -0.39 is 5.97 Å². The first-order valence-corrected chi connectivity index (χ1v) is 4.79. The molecule has 17 heavy (non-hydrogen) atoms. The van der Waals surface area contributed by atoms with Crippen LogP contribution in [-0.2, 0) is 17.6 Å². The van der Waals surface area contributed by atoms with E-state index in [1.54, 1.807) is 0 Å². The van der Waals surface area contributed by atoms with Crippen LogP contribution in [0.4, 0.5) is 0 Å². The van der Waals surface area contributed by atoms with Crippen molar-refractivity contribution in [1.82, 2.24) is 10.1 Å². The SMILES string of the molecule is O=C([O-])Cc1nc(Cc2ccccc2)no1.[Li+]. The summed E-state index contributed by atoms with van der Waals surface area (Å²) in [5.41, 5.74) is 1.04. The van der Waals surface area contributed by atoms with Gasteiger partial charge in [0.2, 0.25) is 5.89 Å². The van der Waals surface area contributed by atoms with E-state index in [4.69, 9.17) is 4.52 Å². The minimum atomic E-state index is -1.23. The molecule has 0 amide bonds. The average Bonchev–Trinajstić information content (AvgIpc) is 2.66. The molecule has 0 unspecified atom stereocenters. The second-order valence-corrected chi connectivity index (χ2v) is 3.32. The summed E-state index contributed by atoms with van der Waals surface area (Å²) < 4.78 is 4.77. The van der Waals surface area contributed by atoms with Gasteiger partial charge in [0.1, 0.15) is 0 Å². The van der Waals surface area contributed by atoms with E-state index in [0.717, 1.165) is 5.56 Å². The fourth-order valence-electron chi connectivity index (χ4n) is 1.34. The molecule has 82 valence electrons. The molecule has 0 atom stereocenters. The molecule has 0 spiro atoms. The van der Waals surface area contributed by atoms with E-state index in [0.29, 0.717) is 12.2 Å². The van der Waals surface area contributed by atoms with Crippen molar-refractivity contribution in [3.05, 3.63) is 47.6 Å². The van der Waals surface area contributed by atoms with Crippen molar-refractivity contribution in [1.29, 1.82) is 0 Å². The van der Waals surface area contributed by atoms with Crippen LogP contribution in [-0.4, -0.2) is 16.1 Å². The van der Waals surface area contributed by atoms with Crippen molar-refractivity contribution in [2.75, 3.05) is 0 Å². The Hall–Kier alpha value is -1.57. The number of carboxylic acid groups (broad SMARTS) is 1. The summed E-state index contributed by atoms with van der Waals surface area (Å²) in [5.74, 6) is -0.678. The molecule has 0 N–H and O–H groups in total. The van der Waals surface area contributed by atoms with Gasteiger partial charge in [0, 0.05) is 6.42 Å². The number of carboxylic acids is 1. The van der Waals surface area contributed by atoms with E-state index in [9.17, 15) is 9.90 Å². The molecule has 0 radical (unpaired) electrons. The molecule has 5 nitrogen and oxygen atoms in total. The number of carbonyl (C=O) groups is 1. The van der Waals surface area contributed by atoms with Crippen molar-refractivity contribution < 1.29 is 33.3 Å². The predicted octanol–water partition coefficient (Wildman–Crippen LogP) is -3.04. The molecule has 1 aromatic heterocycles. The molecule has 0 bridgehead atoms. The van der Waals surface area contributed by atoms with Gasteiger partial charge in [-0.15, -0.1) is 0 Å². The summed E-state index contributed by atoms with van der Waals surface area (Å²) in [6, 6.07) is 9.62. The molecule has 0 aliphatic rings. The Morgan fingerprint density at radius 3 is 2.65 bits per heavy atom. The van der Waals surface area contributed by atoms with Crippen LogP contribution in [0.2, 0.25) is 0 Å². The van der Waals surface area contributed by atoms with Crippen LogP contribution in [0.1, 0.15) is 17.3 Å². The largest absolute Gasteiger partial charge is 1.00 e. The van der Waals surface area contributed by atoms with Gasteiger partial charge < -0.3 is 14.4 Å². The summed E-state index contributed by atoms with van der Waals surface area (Å²) in [6.07, 6.45) is 0.180. The van der Waals surface area contributed by atoms with Gasteiger partial charge in [-0.2, -0.15) is 4.98 Å². The van der Waals surface area contributed by atoms with Crippen LogP contribution in [0.25, 0.3) is 0 Å². The van der Waals surface area contributed by atoms with Crippen molar-refractivity contribution in [2.45, 2.75) is 12.8 Å². The number of hydrogen-bond acceptors (Lipinski definition) is 5. The Morgan fingerprint density at radius 2 is 2.00 bits per heavy atom. The molecular weight excluding hydrogens is 215 g/mol. The van der Waals surface area contributed by atoms with Gasteiger partial charge in [-0.05, 0) is 5.56 Å². The number of carbonyl (C=O) groups excluding carboxylic acids is 1. The van der Waals surface area contributed by atoms with Crippen LogP contribution < -0.4 is 24.0 Å². The van der Waals surface area contributed by atoms with Gasteiger partial charge in [0.25, 0.3) is 0 Å². The molecule has 1 aromatic carbocycles. The summed E-state index contributed by atoms with van der Waals surface area (Å²) in [5, 5.41) is 14.0. The van der Waals surface area contributed by atoms with Gasteiger partial charge in [-0.3, -0.25) is 0 Å². The number of benzene rings is 1. The monoisotopic (exact) mass is 224 g/mol. The Balaban J connectivity index is 0.00000144. The topological polar surface area (TPSA) is 79.0 Å². The van der Waals surface area contributed by atoms with Crippen LogP contribution in [0.15, 0.2) is 34.9 Å². The number of hydrogen-bond donors (Lipinski definition) is 0. The Kier molecular flexibility index (Phi) is 4.95. The van der Waals surface area contributed by atoms with Crippen LogP contribution in [0.5, 0.6) is 0 Å². The molecule has 0 fully saturated rings. The first-order chi connectivity index (χ1) is 7.74. The minimum absolute atomic E-state index is 0. The molecule has 0 saturated carbocycles. The first-order valence-electron chi connectivity index (χ1n) is 4.79. The molecule has 0 saturated heterocycles. The zero-order valence-corrected chi connectivity index (χ0v) is 9.42. The maximum absolute atomic E-state index is 10.3. The third-order valence-electron chi connectivity index (χ3n) is 2.01. The fourth-order valence-corrected chi connectivity index (χ4v) is 1.34. The van der Waals surface area contributed by atoms with E-state index in [-0.39, 0.29) is 31.2 Å². The summed E-state index contributed by atoms with van der Waals surface area (Å²) in [7, 11) is 0. The quantitative estimate of drug-likeness (QED) is 0.516. The van der Waals surface area contributed by atoms with Crippen molar-refractivity contribution >= 4 is 5.97 Å². The number of aromatic nitrogens is 2. The second kappa shape index (κ2) is 6.23. The third-order valence-corrected chi connectivity index (χ3v) is 2.01. The molecule has 2 rings (SSSR count). The normalized spacial score (nSPS) is 9.65. The number of rotatable bonds is 4. The molecule has 0 aliphatic carbocycles. The summed E-state index contributed by atoms with van der Waals surface area (Å²) in [6.45, 7) is 0. The average molecular weight is 224 g/mol. The smallest absolute Gasteiger partial charge is 0.550 e. The van der Waals surface area contributed by atoms with Crippen LogP contribution in [0.3, 0.4) is 0 Å². The van der Waals surface area contributed by atoms with Gasteiger partial charge in [0.05, 0.1) is 12.4 Å². The Bertz CT molecular complexity index is 484. The van der Waals surface area contributed by atoms with Gasteiger partial charge in [-0.1, -0.05) is 35.5 Å². The Morgan fingerprint density at radius 1 is 1.29 bits per heavy atom. The third kappa shape index (κ3) is 4.06. The molecule has 1 heterocycles. The zero-order valence-electron chi connectivity index (χ0n) is 9.42. The van der Waals surface area contributed by atoms with Crippen molar-refractivity contribution in [3.8, 4) is 0 Å². The number of nitrogens with zero attached hydrogens (tertiary/aromatic N) is 2. The van der Waals surface area contributed by atoms with E-state index in [1.807, 2.05) is 30.3 Å². The number of aliphatic carboxylic acids is 1. The van der Waals surface area contributed by atoms with Gasteiger partial charge >= 0.3 is 18.9 Å². The van der Waals surface area contributed by atoms with E-state index >= 15 is 0 Å². The van der Waals surface area contributed by atoms with Gasteiger partial charge in [-0.25, -0.2) is 0 Å². The van der Waals surface area contributed by atoms with Crippen LogP contribution >= 0.6 is 0 Å². The Labute approximate surface area is 110 Å². The summed E-state index contributed by atoms with van der Waals surface area (Å²) >= 11 is 0. The second-order valence-electron chi connectivity index (χ2n) is 3.32. The molecular formula is C11H9LiN2O3. The first kappa shape index (κ1) is 13.5.